The minimum absolute atomic E-state index is 0.811. The summed E-state index contributed by atoms with van der Waals surface area (Å²) < 4.78 is 1.80. The predicted molar refractivity (Wildman–Crippen MR) is 42.1 cm³/mol. The molecule has 0 bridgehead atoms. The Balaban J connectivity index is 3.00. The Morgan fingerprint density at radius 1 is 1.80 bits per heavy atom. The predicted octanol–water partition coefficient (Wildman–Crippen LogP) is 1.03. The smallest absolute Gasteiger partial charge is 0.137 e. The maximum absolute atomic E-state index is 4.01. The summed E-state index contributed by atoms with van der Waals surface area (Å²) >= 11 is 0. The Kier molecular flexibility index (Phi) is 1.99. The molecule has 0 aliphatic carbocycles. The van der Waals surface area contributed by atoms with Gasteiger partial charge >= 0.3 is 0 Å². The van der Waals surface area contributed by atoms with E-state index in [2.05, 4.69) is 16.6 Å². The average molecular weight is 135 g/mol. The second kappa shape index (κ2) is 2.96. The molecule has 0 saturated heterocycles. The van der Waals surface area contributed by atoms with Gasteiger partial charge in [-0.25, -0.2) is 4.98 Å². The van der Waals surface area contributed by atoms with E-state index in [1.165, 1.54) is 0 Å². The monoisotopic (exact) mass is 135 g/mol. The minimum Gasteiger partial charge on any atom is -0.291 e. The molecule has 1 aromatic rings. The van der Waals surface area contributed by atoms with Gasteiger partial charge in [-0.05, 0) is 6.08 Å². The van der Waals surface area contributed by atoms with E-state index in [0.29, 0.717) is 0 Å². The number of aliphatic imine (C=N–C) groups is 1. The summed E-state index contributed by atoms with van der Waals surface area (Å²) in [5.41, 5.74) is 0. The van der Waals surface area contributed by atoms with Gasteiger partial charge in [0.1, 0.15) is 5.82 Å². The molecule has 10 heavy (non-hydrogen) atoms. The molecule has 3 nitrogen and oxygen atoms in total. The van der Waals surface area contributed by atoms with Crippen molar-refractivity contribution in [3.05, 3.63) is 24.8 Å². The third-order valence-corrected chi connectivity index (χ3v) is 1.12. The van der Waals surface area contributed by atoms with Crippen LogP contribution < -0.4 is 0 Å². The van der Waals surface area contributed by atoms with Crippen molar-refractivity contribution in [2.45, 2.75) is 0 Å². The molecule has 1 heterocycles. The van der Waals surface area contributed by atoms with Crippen molar-refractivity contribution in [3.8, 4) is 0 Å². The molecular weight excluding hydrogens is 126 g/mol. The highest BCUT2D eigenvalue weighted by Gasteiger charge is 1.91. The van der Waals surface area contributed by atoms with Gasteiger partial charge in [0.05, 0.1) is 6.34 Å². The molecule has 0 aliphatic heterocycles. The van der Waals surface area contributed by atoms with Crippen LogP contribution in [-0.2, 0) is 0 Å². The first-order valence-electron chi connectivity index (χ1n) is 2.96. The van der Waals surface area contributed by atoms with Crippen LogP contribution in [0.1, 0.15) is 5.82 Å². The van der Waals surface area contributed by atoms with E-state index < -0.39 is 0 Å². The molecule has 0 aliphatic rings. The maximum atomic E-state index is 4.01. The Morgan fingerprint density at radius 3 is 3.20 bits per heavy atom. The van der Waals surface area contributed by atoms with Crippen LogP contribution in [-0.4, -0.2) is 22.9 Å². The fourth-order valence-corrected chi connectivity index (χ4v) is 0.705. The van der Waals surface area contributed by atoms with Crippen LogP contribution in [0.4, 0.5) is 0 Å². The molecular formula is C7H9N3. The van der Waals surface area contributed by atoms with Gasteiger partial charge in [0.2, 0.25) is 0 Å². The van der Waals surface area contributed by atoms with Gasteiger partial charge in [0.15, 0.2) is 0 Å². The van der Waals surface area contributed by atoms with Crippen molar-refractivity contribution in [2.24, 2.45) is 4.99 Å². The number of rotatable bonds is 2. The maximum Gasteiger partial charge on any atom is 0.137 e. The lowest BCUT2D eigenvalue weighted by atomic mass is 10.6. The van der Waals surface area contributed by atoms with Gasteiger partial charge in [-0.15, -0.1) is 0 Å². The van der Waals surface area contributed by atoms with Crippen LogP contribution in [0.3, 0.4) is 0 Å². The summed E-state index contributed by atoms with van der Waals surface area (Å²) in [5.74, 6) is 0.811. The normalized spacial score (nSPS) is 10.5. The van der Waals surface area contributed by atoms with Crippen molar-refractivity contribution >= 4 is 12.4 Å². The third-order valence-electron chi connectivity index (χ3n) is 1.12. The summed E-state index contributed by atoms with van der Waals surface area (Å²) in [6.07, 6.45) is 6.90. The molecule has 1 rings (SSSR count). The zero-order chi connectivity index (χ0) is 7.40. The molecule has 0 unspecified atom stereocenters. The highest BCUT2D eigenvalue weighted by atomic mass is 15.1. The number of nitrogens with zero attached hydrogens (tertiary/aromatic N) is 3. The average Bonchev–Trinajstić information content (AvgIpc) is 2.36. The summed E-state index contributed by atoms with van der Waals surface area (Å²) in [6.45, 7) is 3.60. The third kappa shape index (κ3) is 1.13. The van der Waals surface area contributed by atoms with Crippen molar-refractivity contribution < 1.29 is 0 Å². The quantitative estimate of drug-likeness (QED) is 0.440. The molecule has 0 spiro atoms. The van der Waals surface area contributed by atoms with Crippen molar-refractivity contribution in [1.29, 1.82) is 0 Å². The second-order valence-electron chi connectivity index (χ2n) is 1.77. The number of aromatic nitrogens is 2. The summed E-state index contributed by atoms with van der Waals surface area (Å²) in [6, 6.07) is 0. The molecule has 0 aromatic carbocycles. The van der Waals surface area contributed by atoms with E-state index in [1.807, 2.05) is 6.20 Å². The fourth-order valence-electron chi connectivity index (χ4n) is 0.705. The number of hydrogen-bond acceptors (Lipinski definition) is 2. The zero-order valence-corrected chi connectivity index (χ0v) is 5.86. The Morgan fingerprint density at radius 2 is 2.60 bits per heavy atom. The molecule has 1 aromatic heterocycles. The lowest BCUT2D eigenvalue weighted by Crippen LogP contribution is -1.95. The van der Waals surface area contributed by atoms with Crippen LogP contribution in [0.25, 0.3) is 6.08 Å². The molecule has 0 amide bonds. The second-order valence-corrected chi connectivity index (χ2v) is 1.77. The Labute approximate surface area is 59.7 Å². The summed E-state index contributed by atoms with van der Waals surface area (Å²) in [5, 5.41) is 0. The first kappa shape index (κ1) is 6.74. The van der Waals surface area contributed by atoms with Gasteiger partial charge in [-0.2, -0.15) is 0 Å². The van der Waals surface area contributed by atoms with Crippen molar-refractivity contribution in [3.63, 3.8) is 0 Å². The standard InChI is InChI=1S/C7H9N3/c1-3-7-9-4-5-10(7)6-8-2/h3-6H,1H2,2H3. The highest BCUT2D eigenvalue weighted by Crippen LogP contribution is 1.94. The fraction of sp³-hybridized carbons (Fsp3) is 0.143. The van der Waals surface area contributed by atoms with Crippen molar-refractivity contribution in [1.82, 2.24) is 9.55 Å². The van der Waals surface area contributed by atoms with Gasteiger partial charge in [0.25, 0.3) is 0 Å². The Hall–Kier alpha value is -1.38. The SMILES string of the molecule is C=Cc1nccn1C=NC. The first-order chi connectivity index (χ1) is 4.88. The van der Waals surface area contributed by atoms with Crippen LogP contribution in [0.15, 0.2) is 24.0 Å². The zero-order valence-electron chi connectivity index (χ0n) is 5.86. The van der Waals surface area contributed by atoms with Crippen LogP contribution in [0, 0.1) is 0 Å². The molecule has 0 saturated carbocycles. The molecule has 0 radical (unpaired) electrons. The topological polar surface area (TPSA) is 30.2 Å². The molecule has 52 valence electrons. The van der Waals surface area contributed by atoms with Crippen LogP contribution >= 0.6 is 0 Å². The van der Waals surface area contributed by atoms with E-state index in [1.54, 1.807) is 30.2 Å². The van der Waals surface area contributed by atoms with Crippen LogP contribution in [0.2, 0.25) is 0 Å². The van der Waals surface area contributed by atoms with E-state index >= 15 is 0 Å². The largest absolute Gasteiger partial charge is 0.291 e. The minimum atomic E-state index is 0.811. The van der Waals surface area contributed by atoms with Gasteiger partial charge in [-0.1, -0.05) is 6.58 Å². The van der Waals surface area contributed by atoms with Gasteiger partial charge < -0.3 is 0 Å². The van der Waals surface area contributed by atoms with Gasteiger partial charge in [0, 0.05) is 19.4 Å². The molecule has 0 atom stereocenters. The van der Waals surface area contributed by atoms with E-state index in [-0.39, 0.29) is 0 Å². The van der Waals surface area contributed by atoms with E-state index in [9.17, 15) is 0 Å². The summed E-state index contributed by atoms with van der Waals surface area (Å²) in [7, 11) is 1.72. The van der Waals surface area contributed by atoms with Crippen molar-refractivity contribution in [2.75, 3.05) is 7.05 Å². The van der Waals surface area contributed by atoms with Gasteiger partial charge in [-0.3, -0.25) is 9.56 Å². The van der Waals surface area contributed by atoms with E-state index in [4.69, 9.17) is 0 Å². The highest BCUT2D eigenvalue weighted by molar-refractivity contribution is 5.62. The summed E-state index contributed by atoms with van der Waals surface area (Å²) in [4.78, 5) is 7.84. The molecule has 3 heteroatoms. The Bertz CT molecular complexity index is 247. The number of imidazole rings is 1. The lowest BCUT2D eigenvalue weighted by Gasteiger charge is -1.91. The van der Waals surface area contributed by atoms with Crippen LogP contribution in [0.5, 0.6) is 0 Å². The molecule has 0 fully saturated rings. The van der Waals surface area contributed by atoms with E-state index in [0.717, 1.165) is 5.82 Å². The number of hydrogen-bond donors (Lipinski definition) is 0. The first-order valence-corrected chi connectivity index (χ1v) is 2.96. The lowest BCUT2D eigenvalue weighted by molar-refractivity contribution is 1.12. The molecule has 0 N–H and O–H groups in total.